The molecule has 1 unspecified atom stereocenters. The number of carbonyl (C=O) groups is 1. The summed E-state index contributed by atoms with van der Waals surface area (Å²) in [5.74, 6) is -1.75. The molecule has 0 saturated carbocycles. The third-order valence-electron chi connectivity index (χ3n) is 3.46. The van der Waals surface area contributed by atoms with Crippen molar-refractivity contribution in [3.05, 3.63) is 44.8 Å². The van der Waals surface area contributed by atoms with Gasteiger partial charge in [-0.15, -0.1) is 16.7 Å². The van der Waals surface area contributed by atoms with Crippen LogP contribution in [0.1, 0.15) is 24.9 Å². The predicted molar refractivity (Wildman–Crippen MR) is 88.8 cm³/mol. The van der Waals surface area contributed by atoms with Crippen molar-refractivity contribution in [1.82, 2.24) is 14.3 Å². The van der Waals surface area contributed by atoms with Crippen molar-refractivity contribution in [2.24, 2.45) is 0 Å². The number of carbonyl (C=O) groups excluding carboxylic acids is 1. The van der Waals surface area contributed by atoms with Crippen LogP contribution in [0.3, 0.4) is 0 Å². The third kappa shape index (κ3) is 4.04. The Morgan fingerprint density at radius 1 is 1.38 bits per heavy atom. The van der Waals surface area contributed by atoms with E-state index in [-0.39, 0.29) is 39.7 Å². The fourth-order valence-corrected chi connectivity index (χ4v) is 2.73. The lowest BCUT2D eigenvalue weighted by Gasteiger charge is -2.12. The average Bonchev–Trinajstić information content (AvgIpc) is 2.84. The Bertz CT molecular complexity index is 883. The normalized spacial score (nSPS) is 12.5. The van der Waals surface area contributed by atoms with Crippen LogP contribution in [-0.4, -0.2) is 32.3 Å². The van der Waals surface area contributed by atoms with Crippen LogP contribution >= 0.6 is 23.2 Å². The Balaban J connectivity index is 2.48. The zero-order valence-corrected chi connectivity index (χ0v) is 15.2. The largest absolute Gasteiger partial charge is 0.465 e. The number of ether oxygens (including phenoxy) is 1. The quantitative estimate of drug-likeness (QED) is 0.540. The van der Waals surface area contributed by atoms with E-state index in [0.717, 1.165) is 12.1 Å². The molecule has 1 aromatic heterocycles. The standard InChI is InChI=1S/C15H14Cl2F3N3O3/c1-3-26-13(24)10(17)4-8-5-12(9(16)6-11(8)18)23-15(25)22(14(19)20)7(2)21-23/h5-6,10,14H,3-4H2,1-2H3. The van der Waals surface area contributed by atoms with Gasteiger partial charge in [0.05, 0.1) is 17.3 Å². The first-order valence-electron chi connectivity index (χ1n) is 7.42. The second-order valence-corrected chi connectivity index (χ2v) is 6.14. The van der Waals surface area contributed by atoms with Crippen molar-refractivity contribution in [3.8, 4) is 5.69 Å². The summed E-state index contributed by atoms with van der Waals surface area (Å²) in [4.78, 5) is 23.7. The number of nitrogens with zero attached hydrogens (tertiary/aromatic N) is 3. The number of alkyl halides is 3. The summed E-state index contributed by atoms with van der Waals surface area (Å²) in [6.45, 7) is -0.170. The first kappa shape index (κ1) is 20.3. The van der Waals surface area contributed by atoms with Gasteiger partial charge in [0.2, 0.25) is 0 Å². The molecule has 2 aromatic rings. The highest BCUT2D eigenvalue weighted by atomic mass is 35.5. The Labute approximate surface area is 156 Å². The number of rotatable bonds is 6. The zero-order chi connectivity index (χ0) is 19.6. The first-order valence-corrected chi connectivity index (χ1v) is 8.24. The molecule has 0 saturated heterocycles. The summed E-state index contributed by atoms with van der Waals surface area (Å²) in [6, 6.07) is 2.03. The molecule has 0 aliphatic rings. The van der Waals surface area contributed by atoms with E-state index in [9.17, 15) is 22.8 Å². The lowest BCUT2D eigenvalue weighted by Crippen LogP contribution is -2.25. The number of benzene rings is 1. The van der Waals surface area contributed by atoms with Crippen LogP contribution in [0.4, 0.5) is 13.2 Å². The Morgan fingerprint density at radius 3 is 2.58 bits per heavy atom. The van der Waals surface area contributed by atoms with Crippen LogP contribution in [0.15, 0.2) is 16.9 Å². The van der Waals surface area contributed by atoms with Gasteiger partial charge in [0.15, 0.2) is 0 Å². The first-order chi connectivity index (χ1) is 12.2. The fourth-order valence-electron chi connectivity index (χ4n) is 2.27. The highest BCUT2D eigenvalue weighted by Gasteiger charge is 2.23. The number of halogens is 5. The van der Waals surface area contributed by atoms with Gasteiger partial charge < -0.3 is 4.74 Å². The predicted octanol–water partition coefficient (Wildman–Crippen LogP) is 3.24. The molecule has 142 valence electrons. The SMILES string of the molecule is CCOC(=O)C(Cl)Cc1cc(-n2nc(C)n(C(F)F)c2=O)c(Cl)cc1F. The number of esters is 1. The van der Waals surface area contributed by atoms with Crippen molar-refractivity contribution >= 4 is 29.2 Å². The molecule has 0 bridgehead atoms. The van der Waals surface area contributed by atoms with E-state index in [4.69, 9.17) is 27.9 Å². The molecule has 2 rings (SSSR count). The van der Waals surface area contributed by atoms with Gasteiger partial charge in [-0.25, -0.2) is 13.8 Å². The average molecular weight is 412 g/mol. The van der Waals surface area contributed by atoms with Crippen molar-refractivity contribution in [3.63, 3.8) is 0 Å². The van der Waals surface area contributed by atoms with Gasteiger partial charge in [-0.05, 0) is 31.5 Å². The summed E-state index contributed by atoms with van der Waals surface area (Å²) in [6.07, 6.45) is -0.250. The molecule has 1 heterocycles. The molecule has 1 aromatic carbocycles. The maximum absolute atomic E-state index is 14.1. The minimum atomic E-state index is -3.09. The second-order valence-electron chi connectivity index (χ2n) is 5.21. The van der Waals surface area contributed by atoms with E-state index >= 15 is 0 Å². The molecule has 0 amide bonds. The Hall–Kier alpha value is -2.00. The number of hydrogen-bond acceptors (Lipinski definition) is 4. The van der Waals surface area contributed by atoms with Gasteiger partial charge in [-0.1, -0.05) is 11.6 Å². The molecule has 0 N–H and O–H groups in total. The van der Waals surface area contributed by atoms with Crippen LogP contribution in [0.5, 0.6) is 0 Å². The Morgan fingerprint density at radius 2 is 2.04 bits per heavy atom. The molecule has 6 nitrogen and oxygen atoms in total. The maximum Gasteiger partial charge on any atom is 0.355 e. The summed E-state index contributed by atoms with van der Waals surface area (Å²) in [5, 5.41) is 2.35. The van der Waals surface area contributed by atoms with Gasteiger partial charge in [0.1, 0.15) is 17.0 Å². The smallest absolute Gasteiger partial charge is 0.355 e. The molecule has 0 spiro atoms. The van der Waals surface area contributed by atoms with E-state index < -0.39 is 29.4 Å². The van der Waals surface area contributed by atoms with E-state index in [0.29, 0.717) is 4.68 Å². The van der Waals surface area contributed by atoms with Crippen molar-refractivity contribution < 1.29 is 22.7 Å². The third-order valence-corrected chi connectivity index (χ3v) is 4.10. The molecule has 11 heteroatoms. The van der Waals surface area contributed by atoms with Crippen LogP contribution in [0, 0.1) is 12.7 Å². The van der Waals surface area contributed by atoms with Gasteiger partial charge in [0.25, 0.3) is 0 Å². The molecule has 0 aliphatic heterocycles. The van der Waals surface area contributed by atoms with Gasteiger partial charge in [-0.3, -0.25) is 4.79 Å². The van der Waals surface area contributed by atoms with Crippen LogP contribution in [0.2, 0.25) is 5.02 Å². The molecule has 1 atom stereocenters. The topological polar surface area (TPSA) is 66.1 Å². The maximum atomic E-state index is 14.1. The van der Waals surface area contributed by atoms with Crippen LogP contribution < -0.4 is 5.69 Å². The van der Waals surface area contributed by atoms with E-state index in [1.165, 1.54) is 6.92 Å². The number of aromatic nitrogens is 3. The molecule has 26 heavy (non-hydrogen) atoms. The monoisotopic (exact) mass is 411 g/mol. The van der Waals surface area contributed by atoms with Crippen LogP contribution in [-0.2, 0) is 16.0 Å². The van der Waals surface area contributed by atoms with Crippen molar-refractivity contribution in [1.29, 1.82) is 0 Å². The van der Waals surface area contributed by atoms with Crippen molar-refractivity contribution in [2.45, 2.75) is 32.2 Å². The summed E-state index contributed by atoms with van der Waals surface area (Å²) < 4.78 is 45.6. The summed E-state index contributed by atoms with van der Waals surface area (Å²) in [5.41, 5.74) is -1.29. The number of aryl methyl sites for hydroxylation is 1. The van der Waals surface area contributed by atoms with Gasteiger partial charge in [-0.2, -0.15) is 13.5 Å². The molecule has 0 aliphatic carbocycles. The zero-order valence-electron chi connectivity index (χ0n) is 13.7. The van der Waals surface area contributed by atoms with Crippen molar-refractivity contribution in [2.75, 3.05) is 6.61 Å². The minimum absolute atomic E-state index is 0.0476. The molecular weight excluding hydrogens is 398 g/mol. The molecular formula is C15H14Cl2F3N3O3. The lowest BCUT2D eigenvalue weighted by atomic mass is 10.1. The van der Waals surface area contributed by atoms with Gasteiger partial charge in [0, 0.05) is 6.42 Å². The molecule has 0 radical (unpaired) electrons. The minimum Gasteiger partial charge on any atom is -0.465 e. The van der Waals surface area contributed by atoms with E-state index in [2.05, 4.69) is 5.10 Å². The highest BCUT2D eigenvalue weighted by Crippen LogP contribution is 2.25. The summed E-state index contributed by atoms with van der Waals surface area (Å²) >= 11 is 11.8. The second kappa shape index (κ2) is 8.13. The number of hydrogen-bond donors (Lipinski definition) is 0. The van der Waals surface area contributed by atoms with E-state index in [1.807, 2.05) is 0 Å². The Kier molecular flexibility index (Phi) is 6.35. The highest BCUT2D eigenvalue weighted by molar-refractivity contribution is 6.32. The lowest BCUT2D eigenvalue weighted by molar-refractivity contribution is -0.142. The van der Waals surface area contributed by atoms with Crippen LogP contribution in [0.25, 0.3) is 5.69 Å². The van der Waals surface area contributed by atoms with Gasteiger partial charge >= 0.3 is 18.2 Å². The van der Waals surface area contributed by atoms with E-state index in [1.54, 1.807) is 6.92 Å². The molecule has 0 fully saturated rings. The fraction of sp³-hybridized carbons (Fsp3) is 0.400. The summed E-state index contributed by atoms with van der Waals surface area (Å²) in [7, 11) is 0.